The van der Waals surface area contributed by atoms with Crippen molar-refractivity contribution in [3.8, 4) is 0 Å². The number of carboxylic acids is 1. The monoisotopic (exact) mass is 530 g/mol. The fourth-order valence-electron chi connectivity index (χ4n) is 9.24. The highest BCUT2D eigenvalue weighted by atomic mass is 32.3. The van der Waals surface area contributed by atoms with Crippen LogP contribution in [0.1, 0.15) is 85.5 Å². The van der Waals surface area contributed by atoms with Crippen molar-refractivity contribution < 1.29 is 41.7 Å². The third kappa shape index (κ3) is 4.95. The number of carbonyl (C=O) groups is 2. The topological polar surface area (TPSA) is 147 Å². The SMILES string of the molecule is CC(=O)O[C@@H]1CC[C@@]2(C)[C@@H](C1)C[C@@H](OS(=O)(=O)O)[C@@H]1[C@@H]2C[C@H](O)[C@]2(C)[C@@H]([C@H](C)CCC(=O)O)CC[C@@H]12. The molecule has 9 nitrogen and oxygen atoms in total. The Kier molecular flexibility index (Phi) is 7.58. The Balaban J connectivity index is 1.67. The molecule has 0 aromatic heterocycles. The Bertz CT molecular complexity index is 966. The molecule has 4 rings (SSSR count). The van der Waals surface area contributed by atoms with E-state index < -0.39 is 34.0 Å². The van der Waals surface area contributed by atoms with Gasteiger partial charge in [-0.1, -0.05) is 20.8 Å². The van der Waals surface area contributed by atoms with Crippen molar-refractivity contribution in [3.05, 3.63) is 0 Å². The largest absolute Gasteiger partial charge is 0.481 e. The Labute approximate surface area is 214 Å². The number of rotatable bonds is 7. The molecular weight excluding hydrogens is 488 g/mol. The zero-order valence-electron chi connectivity index (χ0n) is 21.8. The maximum Gasteiger partial charge on any atom is 0.397 e. The summed E-state index contributed by atoms with van der Waals surface area (Å²) in [7, 11) is -4.69. The highest BCUT2D eigenvalue weighted by molar-refractivity contribution is 7.80. The van der Waals surface area contributed by atoms with Gasteiger partial charge in [-0.2, -0.15) is 8.42 Å². The molecule has 0 aromatic rings. The first-order valence-corrected chi connectivity index (χ1v) is 14.8. The van der Waals surface area contributed by atoms with E-state index in [2.05, 4.69) is 20.8 Å². The van der Waals surface area contributed by atoms with E-state index in [0.717, 1.165) is 25.7 Å². The van der Waals surface area contributed by atoms with Gasteiger partial charge >= 0.3 is 22.3 Å². The quantitative estimate of drug-likeness (QED) is 0.330. The van der Waals surface area contributed by atoms with E-state index in [1.165, 1.54) is 6.92 Å². The third-order valence-electron chi connectivity index (χ3n) is 10.9. The van der Waals surface area contributed by atoms with Crippen molar-refractivity contribution >= 4 is 22.3 Å². The fourth-order valence-corrected chi connectivity index (χ4v) is 9.76. The molecule has 0 aliphatic heterocycles. The molecule has 0 saturated heterocycles. The summed E-state index contributed by atoms with van der Waals surface area (Å²) in [5, 5.41) is 20.9. The van der Waals surface area contributed by atoms with Crippen molar-refractivity contribution in [1.82, 2.24) is 0 Å². The van der Waals surface area contributed by atoms with Crippen LogP contribution < -0.4 is 0 Å². The number of ether oxygens (including phenoxy) is 1. The molecule has 36 heavy (non-hydrogen) atoms. The molecule has 4 saturated carbocycles. The van der Waals surface area contributed by atoms with E-state index in [-0.39, 0.29) is 59.4 Å². The summed E-state index contributed by atoms with van der Waals surface area (Å²) in [6.07, 6.45) is 3.81. The van der Waals surface area contributed by atoms with Gasteiger partial charge in [-0.15, -0.1) is 0 Å². The molecule has 0 amide bonds. The molecule has 10 heteroatoms. The summed E-state index contributed by atoms with van der Waals surface area (Å²) in [6.45, 7) is 7.76. The molecule has 0 unspecified atom stereocenters. The summed E-state index contributed by atoms with van der Waals surface area (Å²) in [5.74, 6) is -1.05. The summed E-state index contributed by atoms with van der Waals surface area (Å²) < 4.78 is 44.5. The number of aliphatic hydroxyl groups is 1. The zero-order valence-corrected chi connectivity index (χ0v) is 22.6. The molecule has 0 bridgehead atoms. The first-order chi connectivity index (χ1) is 16.7. The molecule has 0 spiro atoms. The van der Waals surface area contributed by atoms with Crippen LogP contribution in [0.5, 0.6) is 0 Å². The third-order valence-corrected chi connectivity index (χ3v) is 11.4. The van der Waals surface area contributed by atoms with Crippen LogP contribution in [0.3, 0.4) is 0 Å². The zero-order chi connectivity index (χ0) is 26.6. The van der Waals surface area contributed by atoms with Gasteiger partial charge in [0.2, 0.25) is 0 Å². The van der Waals surface area contributed by atoms with Crippen LogP contribution in [0.2, 0.25) is 0 Å². The predicted octanol–water partition coefficient (Wildman–Crippen LogP) is 3.85. The van der Waals surface area contributed by atoms with Gasteiger partial charge < -0.3 is 14.9 Å². The van der Waals surface area contributed by atoms with Crippen LogP contribution in [0.4, 0.5) is 0 Å². The number of aliphatic carboxylic acids is 1. The highest BCUT2D eigenvalue weighted by Gasteiger charge is 2.66. The van der Waals surface area contributed by atoms with Gasteiger partial charge in [0.15, 0.2) is 0 Å². The van der Waals surface area contributed by atoms with E-state index in [0.29, 0.717) is 25.7 Å². The van der Waals surface area contributed by atoms with Crippen LogP contribution in [0, 0.1) is 46.3 Å². The summed E-state index contributed by atoms with van der Waals surface area (Å²) in [5.41, 5.74) is -0.659. The van der Waals surface area contributed by atoms with Crippen molar-refractivity contribution in [3.63, 3.8) is 0 Å². The molecule has 4 aliphatic carbocycles. The number of esters is 1. The van der Waals surface area contributed by atoms with E-state index in [1.807, 2.05) is 0 Å². The van der Waals surface area contributed by atoms with Crippen molar-refractivity contribution in [2.75, 3.05) is 0 Å². The van der Waals surface area contributed by atoms with Gasteiger partial charge in [0.05, 0.1) is 12.2 Å². The Morgan fingerprint density at radius 1 is 1.08 bits per heavy atom. The maximum absolute atomic E-state index is 11.9. The molecule has 3 N–H and O–H groups in total. The Morgan fingerprint density at radius 2 is 1.78 bits per heavy atom. The standard InChI is InChI=1S/C26H42O9S/c1-14(5-8-23(29)30)18-6-7-19-24-20(13-22(28)26(18,19)4)25(3)10-9-17(34-15(2)27)11-16(25)12-21(24)35-36(31,32)33/h14,16-22,24,28H,5-13H2,1-4H3,(H,29,30)(H,31,32,33)/t14-,16+,17-,18-,19+,20+,21-,22+,24+,25+,26-/m1/s1. The van der Waals surface area contributed by atoms with E-state index in [9.17, 15) is 32.8 Å². The average Bonchev–Trinajstić information content (AvgIpc) is 3.11. The van der Waals surface area contributed by atoms with E-state index >= 15 is 0 Å². The number of fused-ring (bicyclic) bond motifs is 5. The number of hydrogen-bond acceptors (Lipinski definition) is 7. The number of aliphatic hydroxyl groups excluding tert-OH is 1. The van der Waals surface area contributed by atoms with Crippen LogP contribution in [0.15, 0.2) is 0 Å². The van der Waals surface area contributed by atoms with Crippen molar-refractivity contribution in [1.29, 1.82) is 0 Å². The minimum Gasteiger partial charge on any atom is -0.481 e. The first-order valence-electron chi connectivity index (χ1n) is 13.4. The van der Waals surface area contributed by atoms with Gasteiger partial charge in [-0.05, 0) is 97.7 Å². The van der Waals surface area contributed by atoms with Crippen LogP contribution in [-0.4, -0.2) is 53.4 Å². The molecule has 206 valence electrons. The lowest BCUT2D eigenvalue weighted by atomic mass is 9.43. The second kappa shape index (κ2) is 9.82. The van der Waals surface area contributed by atoms with Crippen molar-refractivity contribution in [2.45, 2.75) is 104 Å². The predicted molar refractivity (Wildman–Crippen MR) is 130 cm³/mol. The molecule has 0 aromatic carbocycles. The molecule has 0 heterocycles. The highest BCUT2D eigenvalue weighted by Crippen LogP contribution is 2.69. The molecule has 11 atom stereocenters. The second-order valence-electron chi connectivity index (χ2n) is 12.5. The summed E-state index contributed by atoms with van der Waals surface area (Å²) >= 11 is 0. The van der Waals surface area contributed by atoms with Gasteiger partial charge in [0.1, 0.15) is 6.10 Å². The summed E-state index contributed by atoms with van der Waals surface area (Å²) in [4.78, 5) is 22.8. The number of carboxylic acid groups (broad SMARTS) is 1. The van der Waals surface area contributed by atoms with Crippen LogP contribution in [-0.2, 0) is 28.9 Å². The van der Waals surface area contributed by atoms with E-state index in [4.69, 9.17) is 8.92 Å². The minimum absolute atomic E-state index is 0.000698. The van der Waals surface area contributed by atoms with Gasteiger partial charge in [0.25, 0.3) is 0 Å². The lowest BCUT2D eigenvalue weighted by Gasteiger charge is -2.63. The molecule has 4 fully saturated rings. The summed E-state index contributed by atoms with van der Waals surface area (Å²) in [6, 6.07) is 0. The Hall–Kier alpha value is -1.23. The normalized spacial score (nSPS) is 45.2. The van der Waals surface area contributed by atoms with Gasteiger partial charge in [-0.3, -0.25) is 14.1 Å². The van der Waals surface area contributed by atoms with Gasteiger partial charge in [0, 0.05) is 13.3 Å². The van der Waals surface area contributed by atoms with E-state index in [1.54, 1.807) is 0 Å². The Morgan fingerprint density at radius 3 is 2.39 bits per heavy atom. The maximum atomic E-state index is 11.9. The number of hydrogen-bond donors (Lipinski definition) is 3. The lowest BCUT2D eigenvalue weighted by molar-refractivity contribution is -0.205. The van der Waals surface area contributed by atoms with Crippen molar-refractivity contribution in [2.24, 2.45) is 46.3 Å². The fraction of sp³-hybridized carbons (Fsp3) is 0.923. The molecule has 0 radical (unpaired) electrons. The first kappa shape index (κ1) is 27.8. The van der Waals surface area contributed by atoms with Crippen LogP contribution >= 0.6 is 0 Å². The molecular formula is C26H42O9S. The average molecular weight is 531 g/mol. The lowest BCUT2D eigenvalue weighted by Crippen LogP contribution is -2.63. The minimum atomic E-state index is -4.69. The molecule has 4 aliphatic rings. The number of carbonyl (C=O) groups excluding carboxylic acids is 1. The smallest absolute Gasteiger partial charge is 0.397 e. The van der Waals surface area contributed by atoms with Gasteiger partial charge in [-0.25, -0.2) is 4.18 Å². The van der Waals surface area contributed by atoms with Crippen LogP contribution in [0.25, 0.3) is 0 Å². The second-order valence-corrected chi connectivity index (χ2v) is 13.6.